The van der Waals surface area contributed by atoms with Crippen molar-refractivity contribution in [3.63, 3.8) is 0 Å². The van der Waals surface area contributed by atoms with Crippen LogP contribution in [0.2, 0.25) is 0 Å². The lowest BCUT2D eigenvalue weighted by molar-refractivity contribution is 0.0127. The van der Waals surface area contributed by atoms with Crippen LogP contribution in [0.1, 0.15) is 20.7 Å². The molecule has 0 aliphatic heterocycles. The van der Waals surface area contributed by atoms with Crippen LogP contribution in [-0.4, -0.2) is 81.2 Å². The third-order valence-corrected chi connectivity index (χ3v) is 5.86. The first-order valence-electron chi connectivity index (χ1n) is 13.4. The number of phenols is 4. The first kappa shape index (κ1) is 32.3. The summed E-state index contributed by atoms with van der Waals surface area (Å²) in [7, 11) is 0. The van der Waals surface area contributed by atoms with Gasteiger partial charge in [-0.15, -0.1) is 0 Å². The molecule has 0 saturated heterocycles. The average Bonchev–Trinajstić information content (AvgIpc) is 3.00. The number of esters is 2. The fourth-order valence-electron chi connectivity index (χ4n) is 3.76. The molecule has 0 amide bonds. The molecule has 0 heterocycles. The van der Waals surface area contributed by atoms with Crippen molar-refractivity contribution in [2.24, 2.45) is 0 Å². The van der Waals surface area contributed by atoms with E-state index in [-0.39, 0.29) is 60.6 Å². The Morgan fingerprint density at radius 3 is 1.13 bits per heavy atom. The van der Waals surface area contributed by atoms with E-state index in [1.165, 1.54) is 0 Å². The normalized spacial score (nSPS) is 12.0. The topological polar surface area (TPSA) is 202 Å². The lowest BCUT2D eigenvalue weighted by Crippen LogP contribution is -2.25. The molecule has 0 spiro atoms. The zero-order valence-electron chi connectivity index (χ0n) is 23.6. The number of rotatable bonds is 14. The smallest absolute Gasteiger partial charge is 0.338 e. The summed E-state index contributed by atoms with van der Waals surface area (Å²) in [4.78, 5) is 24.1. The Morgan fingerprint density at radius 1 is 0.489 bits per heavy atom. The maximum Gasteiger partial charge on any atom is 0.338 e. The summed E-state index contributed by atoms with van der Waals surface area (Å²) in [5.74, 6) is -0.998. The summed E-state index contributed by atoms with van der Waals surface area (Å²) in [5.41, 5.74) is -0.132. The van der Waals surface area contributed by atoms with E-state index in [9.17, 15) is 40.2 Å². The maximum atomic E-state index is 12.0. The molecule has 2 atom stereocenters. The molecule has 236 valence electrons. The number of hydrogen-bond donors (Lipinski definition) is 6. The number of carbonyl (C=O) groups is 2. The lowest BCUT2D eigenvalue weighted by atomic mass is 10.2. The van der Waals surface area contributed by atoms with E-state index in [1.807, 2.05) is 0 Å². The summed E-state index contributed by atoms with van der Waals surface area (Å²) >= 11 is 0. The molecule has 0 aliphatic rings. The van der Waals surface area contributed by atoms with Gasteiger partial charge in [-0.25, -0.2) is 9.59 Å². The van der Waals surface area contributed by atoms with Crippen LogP contribution in [0.25, 0.3) is 0 Å². The molecule has 0 radical (unpaired) electrons. The molecule has 45 heavy (non-hydrogen) atoms. The molecule has 4 aromatic rings. The summed E-state index contributed by atoms with van der Waals surface area (Å²) < 4.78 is 26.8. The van der Waals surface area contributed by atoms with Gasteiger partial charge in [0, 0.05) is 12.1 Å². The molecule has 4 rings (SSSR count). The van der Waals surface area contributed by atoms with Crippen molar-refractivity contribution >= 4 is 11.9 Å². The van der Waals surface area contributed by atoms with Crippen molar-refractivity contribution in [1.29, 1.82) is 0 Å². The van der Waals surface area contributed by atoms with Gasteiger partial charge in [0.15, 0.2) is 0 Å². The molecule has 13 nitrogen and oxygen atoms in total. The van der Waals surface area contributed by atoms with Crippen molar-refractivity contribution in [2.75, 3.05) is 26.4 Å². The maximum absolute atomic E-state index is 12.0. The minimum absolute atomic E-state index is 0.0662. The summed E-state index contributed by atoms with van der Waals surface area (Å²) in [6.07, 6.45) is -2.26. The van der Waals surface area contributed by atoms with Crippen LogP contribution in [0.3, 0.4) is 0 Å². The standard InChI is InChI=1S/C32H30O13/c33-21-9-19(10-22(34)13-21)31(39)43-17-25(37)15-41-27-1-5-29(6-2-27)45-30-7-3-28(4-8-30)42-16-26(38)18-44-32(40)20-11-23(35)14-24(36)12-20/h1-14,25-26,33-38H,15-18H2. The molecule has 2 unspecified atom stereocenters. The number of aliphatic hydroxyl groups is 2. The SMILES string of the molecule is O=C(OCC(O)COc1ccc(Oc2ccc(OCC(O)COC(=O)c3cc(O)cc(O)c3)cc2)cc1)c1cc(O)cc(O)c1. The van der Waals surface area contributed by atoms with Crippen LogP contribution in [-0.2, 0) is 9.47 Å². The molecule has 0 aliphatic carbocycles. The van der Waals surface area contributed by atoms with Gasteiger partial charge in [-0.05, 0) is 72.8 Å². The highest BCUT2D eigenvalue weighted by Crippen LogP contribution is 2.26. The number of phenolic OH excluding ortho intramolecular Hbond substituents is 4. The van der Waals surface area contributed by atoms with Crippen molar-refractivity contribution < 1.29 is 63.9 Å². The quantitative estimate of drug-likeness (QED) is 0.112. The first-order chi connectivity index (χ1) is 21.5. The van der Waals surface area contributed by atoms with E-state index < -0.39 is 24.1 Å². The van der Waals surface area contributed by atoms with Gasteiger partial charge in [-0.2, -0.15) is 0 Å². The molecular formula is C32H30O13. The predicted octanol–water partition coefficient (Wildman–Crippen LogP) is 3.49. The second-order valence-electron chi connectivity index (χ2n) is 9.65. The average molecular weight is 623 g/mol. The van der Waals surface area contributed by atoms with Crippen molar-refractivity contribution in [3.8, 4) is 46.0 Å². The number of hydrogen-bond acceptors (Lipinski definition) is 13. The minimum atomic E-state index is -1.13. The first-order valence-corrected chi connectivity index (χ1v) is 13.4. The Balaban J connectivity index is 1.15. The molecule has 0 aromatic heterocycles. The number of aromatic hydroxyl groups is 4. The molecule has 0 fully saturated rings. The van der Waals surface area contributed by atoms with E-state index in [0.717, 1.165) is 36.4 Å². The third-order valence-electron chi connectivity index (χ3n) is 5.86. The number of aliphatic hydroxyl groups excluding tert-OH is 2. The van der Waals surface area contributed by atoms with Gasteiger partial charge in [0.2, 0.25) is 0 Å². The van der Waals surface area contributed by atoms with Crippen molar-refractivity contribution in [2.45, 2.75) is 12.2 Å². The van der Waals surface area contributed by atoms with Gasteiger partial charge in [0.25, 0.3) is 0 Å². The second-order valence-corrected chi connectivity index (χ2v) is 9.65. The van der Waals surface area contributed by atoms with Crippen LogP contribution in [0.15, 0.2) is 84.9 Å². The van der Waals surface area contributed by atoms with Crippen LogP contribution in [0.4, 0.5) is 0 Å². The second kappa shape index (κ2) is 15.2. The number of carbonyl (C=O) groups excluding carboxylic acids is 2. The van der Waals surface area contributed by atoms with E-state index in [0.29, 0.717) is 23.0 Å². The van der Waals surface area contributed by atoms with Crippen molar-refractivity contribution in [3.05, 3.63) is 96.1 Å². The largest absolute Gasteiger partial charge is 0.508 e. The van der Waals surface area contributed by atoms with E-state index >= 15 is 0 Å². The van der Waals surface area contributed by atoms with Crippen LogP contribution in [0.5, 0.6) is 46.0 Å². The third kappa shape index (κ3) is 10.2. The molecule has 0 bridgehead atoms. The highest BCUT2D eigenvalue weighted by molar-refractivity contribution is 5.91. The van der Waals surface area contributed by atoms with Gasteiger partial charge >= 0.3 is 11.9 Å². The Bertz CT molecular complexity index is 1430. The fourth-order valence-corrected chi connectivity index (χ4v) is 3.76. The molecule has 0 saturated carbocycles. The van der Waals surface area contributed by atoms with Gasteiger partial charge in [-0.1, -0.05) is 0 Å². The Hall–Kier alpha value is -5.66. The fraction of sp³-hybridized carbons (Fsp3) is 0.188. The van der Waals surface area contributed by atoms with Crippen LogP contribution >= 0.6 is 0 Å². The Morgan fingerprint density at radius 2 is 0.800 bits per heavy atom. The lowest BCUT2D eigenvalue weighted by Gasteiger charge is -2.14. The number of ether oxygens (including phenoxy) is 5. The van der Waals surface area contributed by atoms with Crippen LogP contribution < -0.4 is 14.2 Å². The zero-order valence-corrected chi connectivity index (χ0v) is 23.6. The molecule has 6 N–H and O–H groups in total. The predicted molar refractivity (Wildman–Crippen MR) is 156 cm³/mol. The molecule has 4 aromatic carbocycles. The van der Waals surface area contributed by atoms with Gasteiger partial charge in [0.1, 0.15) is 84.6 Å². The molecule has 13 heteroatoms. The Labute approximate surface area is 256 Å². The highest BCUT2D eigenvalue weighted by atomic mass is 16.6. The van der Waals surface area contributed by atoms with Crippen molar-refractivity contribution in [1.82, 2.24) is 0 Å². The zero-order chi connectivity index (χ0) is 32.3. The van der Waals surface area contributed by atoms with Crippen LogP contribution in [0, 0.1) is 0 Å². The Kier molecular flexibility index (Phi) is 10.9. The monoisotopic (exact) mass is 622 g/mol. The minimum Gasteiger partial charge on any atom is -0.508 e. The van der Waals surface area contributed by atoms with E-state index in [1.54, 1.807) is 48.5 Å². The summed E-state index contributed by atoms with van der Waals surface area (Å²) in [5, 5.41) is 58.0. The van der Waals surface area contributed by atoms with E-state index in [4.69, 9.17) is 23.7 Å². The summed E-state index contributed by atoms with van der Waals surface area (Å²) in [6.45, 7) is -1.07. The highest BCUT2D eigenvalue weighted by Gasteiger charge is 2.15. The van der Waals surface area contributed by atoms with E-state index in [2.05, 4.69) is 0 Å². The van der Waals surface area contributed by atoms with Gasteiger partial charge < -0.3 is 54.3 Å². The molecular weight excluding hydrogens is 592 g/mol. The number of benzene rings is 4. The van der Waals surface area contributed by atoms with Gasteiger partial charge in [-0.3, -0.25) is 0 Å². The van der Waals surface area contributed by atoms with Gasteiger partial charge in [0.05, 0.1) is 11.1 Å². The summed E-state index contributed by atoms with van der Waals surface area (Å²) in [6, 6.07) is 19.7.